The number of hydrogen-bond acceptors (Lipinski definition) is 4. The van der Waals surface area contributed by atoms with E-state index < -0.39 is 16.1 Å². The summed E-state index contributed by atoms with van der Waals surface area (Å²) >= 11 is 0. The third-order valence-electron chi connectivity index (χ3n) is 3.96. The molecule has 0 aliphatic heterocycles. The van der Waals surface area contributed by atoms with Gasteiger partial charge in [0.25, 0.3) is 0 Å². The molecule has 0 atom stereocenters. The van der Waals surface area contributed by atoms with Crippen molar-refractivity contribution >= 4 is 26.7 Å². The maximum atomic E-state index is 12.0. The van der Waals surface area contributed by atoms with Crippen molar-refractivity contribution in [2.75, 3.05) is 0 Å². The molecule has 0 aliphatic rings. The van der Waals surface area contributed by atoms with Gasteiger partial charge in [-0.15, -0.1) is 0 Å². The molecule has 4 nitrogen and oxygen atoms in total. The zero-order valence-electron chi connectivity index (χ0n) is 16.2. The average molecular weight is 436 g/mol. The van der Waals surface area contributed by atoms with Crippen LogP contribution in [-0.2, 0) is 9.13 Å². The van der Waals surface area contributed by atoms with Crippen molar-refractivity contribution in [3.05, 3.63) is 121 Å². The van der Waals surface area contributed by atoms with Crippen molar-refractivity contribution in [1.82, 2.24) is 0 Å². The lowest BCUT2D eigenvalue weighted by molar-refractivity contribution is 0.415. The van der Waals surface area contributed by atoms with Gasteiger partial charge in [-0.2, -0.15) is 0 Å². The van der Waals surface area contributed by atoms with E-state index in [0.717, 1.165) is 10.6 Å². The van der Waals surface area contributed by atoms with Crippen LogP contribution in [0.15, 0.2) is 121 Å². The van der Waals surface area contributed by atoms with Gasteiger partial charge < -0.3 is 13.6 Å². The van der Waals surface area contributed by atoms with Gasteiger partial charge in [-0.25, -0.2) is 4.57 Å². The van der Waals surface area contributed by atoms with Crippen LogP contribution < -0.4 is 19.7 Å². The Labute approximate surface area is 177 Å². The molecule has 0 heterocycles. The number of hydrogen-bond donors (Lipinski definition) is 0. The highest BCUT2D eigenvalue weighted by atomic mass is 31.1. The summed E-state index contributed by atoms with van der Waals surface area (Å²) in [6.45, 7) is 0. The minimum atomic E-state index is -2.54. The Bertz CT molecular complexity index is 972. The van der Waals surface area contributed by atoms with Gasteiger partial charge in [0.15, 0.2) is 0 Å². The van der Waals surface area contributed by atoms with Crippen LogP contribution in [0.1, 0.15) is 0 Å². The Morgan fingerprint density at radius 1 is 0.433 bits per heavy atom. The molecule has 30 heavy (non-hydrogen) atoms. The lowest BCUT2D eigenvalue weighted by Gasteiger charge is -2.07. The second-order valence-electron chi connectivity index (χ2n) is 6.14. The largest absolute Gasteiger partial charge is 0.418 e. The van der Waals surface area contributed by atoms with Crippen LogP contribution >= 0.6 is 16.1 Å². The van der Waals surface area contributed by atoms with E-state index in [1.807, 2.05) is 97.1 Å². The van der Waals surface area contributed by atoms with E-state index in [2.05, 4.69) is 0 Å². The Hall–Kier alpha value is -3.06. The van der Waals surface area contributed by atoms with Gasteiger partial charge in [0, 0.05) is 10.6 Å². The first-order chi connectivity index (χ1) is 14.7. The first-order valence-corrected chi connectivity index (χ1v) is 12.0. The Kier molecular flexibility index (Phi) is 8.53. The molecule has 0 amide bonds. The predicted molar refractivity (Wildman–Crippen MR) is 124 cm³/mol. The average Bonchev–Trinajstić information content (AvgIpc) is 2.81. The molecular weight excluding hydrogens is 414 g/mol. The van der Waals surface area contributed by atoms with Crippen molar-refractivity contribution in [2.45, 2.75) is 0 Å². The smallest absolute Gasteiger partial charge is 0.418 e. The topological polar surface area (TPSA) is 52.6 Å². The van der Waals surface area contributed by atoms with Crippen LogP contribution in [-0.4, -0.2) is 0 Å². The molecule has 4 aromatic rings. The normalized spacial score (nSPS) is 10.2. The summed E-state index contributed by atoms with van der Waals surface area (Å²) in [5.41, 5.74) is 0. The third-order valence-corrected chi connectivity index (χ3v) is 6.48. The van der Waals surface area contributed by atoms with E-state index in [1.165, 1.54) is 0 Å². The molecule has 4 rings (SSSR count). The number of benzene rings is 4. The van der Waals surface area contributed by atoms with E-state index in [-0.39, 0.29) is 0 Å². The van der Waals surface area contributed by atoms with E-state index in [0.29, 0.717) is 11.5 Å². The molecule has 0 unspecified atom stereocenters. The molecule has 0 spiro atoms. The van der Waals surface area contributed by atoms with E-state index in [1.54, 1.807) is 24.3 Å². The van der Waals surface area contributed by atoms with Crippen LogP contribution in [0.25, 0.3) is 0 Å². The minimum absolute atomic E-state index is 0.544. The fourth-order valence-electron chi connectivity index (χ4n) is 2.54. The van der Waals surface area contributed by atoms with Crippen LogP contribution in [0.4, 0.5) is 0 Å². The lowest BCUT2D eigenvalue weighted by Crippen LogP contribution is -2.04. The third kappa shape index (κ3) is 7.08. The summed E-state index contributed by atoms with van der Waals surface area (Å²) in [4.78, 5) is 0. The highest BCUT2D eigenvalue weighted by Gasteiger charge is 2.04. The second kappa shape index (κ2) is 11.8. The fraction of sp³-hybridized carbons (Fsp3) is 0. The first kappa shape index (κ1) is 21.6. The van der Waals surface area contributed by atoms with Crippen LogP contribution in [0, 0.1) is 0 Å². The highest BCUT2D eigenvalue weighted by molar-refractivity contribution is 7.61. The van der Waals surface area contributed by atoms with Gasteiger partial charge in [-0.05, 0) is 24.3 Å². The molecule has 6 heteroatoms. The monoisotopic (exact) mass is 436 g/mol. The molecule has 0 aliphatic carbocycles. The number of para-hydroxylation sites is 2. The summed E-state index contributed by atoms with van der Waals surface area (Å²) in [5.74, 6) is 1.09. The Morgan fingerprint density at radius 3 is 1.07 bits per heavy atom. The molecule has 0 saturated heterocycles. The standard InChI is InChI=1S/C12H11O3P.C12H11OP/c13-16(14-11-7-3-1-4-8-11)15-12-9-5-2-6-10-12;13-14(11-7-3-1-4-8-11)12-9-5-2-6-10-12/h1-10,16H;1-10,14H. The molecule has 0 aromatic heterocycles. The first-order valence-electron chi connectivity index (χ1n) is 9.37. The summed E-state index contributed by atoms with van der Waals surface area (Å²) < 4.78 is 33.8. The quantitative estimate of drug-likeness (QED) is 0.362. The van der Waals surface area contributed by atoms with Crippen LogP contribution in [0.5, 0.6) is 11.5 Å². The molecule has 0 N–H and O–H groups in total. The highest BCUT2D eigenvalue weighted by Crippen LogP contribution is 2.29. The second-order valence-corrected chi connectivity index (χ2v) is 8.86. The van der Waals surface area contributed by atoms with E-state index >= 15 is 0 Å². The fourth-order valence-corrected chi connectivity index (χ4v) is 4.56. The van der Waals surface area contributed by atoms with E-state index in [4.69, 9.17) is 9.05 Å². The molecular formula is C24H22O4P2. The Balaban J connectivity index is 0.000000172. The zero-order chi connectivity index (χ0) is 21.0. The predicted octanol–water partition coefficient (Wildman–Crippen LogP) is 5.73. The van der Waals surface area contributed by atoms with Crippen molar-refractivity contribution in [1.29, 1.82) is 0 Å². The van der Waals surface area contributed by atoms with Crippen LogP contribution in [0.2, 0.25) is 0 Å². The molecule has 0 radical (unpaired) electrons. The van der Waals surface area contributed by atoms with Crippen molar-refractivity contribution in [3.63, 3.8) is 0 Å². The molecule has 4 aromatic carbocycles. The maximum Gasteiger partial charge on any atom is 0.418 e. The SMILES string of the molecule is O=[PH](Oc1ccccc1)Oc1ccccc1.O=[PH](c1ccccc1)c1ccccc1. The molecule has 0 saturated carbocycles. The summed E-state index contributed by atoms with van der Waals surface area (Å²) in [5, 5.41) is 1.84. The maximum absolute atomic E-state index is 12.0. The van der Waals surface area contributed by atoms with Gasteiger partial charge in [-0.3, -0.25) is 0 Å². The zero-order valence-corrected chi connectivity index (χ0v) is 18.2. The number of rotatable bonds is 6. The minimum Gasteiger partial charge on any atom is -0.418 e. The van der Waals surface area contributed by atoms with Crippen molar-refractivity contribution in [2.24, 2.45) is 0 Å². The van der Waals surface area contributed by atoms with Crippen molar-refractivity contribution in [3.8, 4) is 11.5 Å². The molecule has 0 fully saturated rings. The summed E-state index contributed by atoms with van der Waals surface area (Å²) in [6, 6.07) is 37.1. The van der Waals surface area contributed by atoms with E-state index in [9.17, 15) is 9.13 Å². The molecule has 152 valence electrons. The molecule has 0 bridgehead atoms. The van der Waals surface area contributed by atoms with Crippen LogP contribution in [0.3, 0.4) is 0 Å². The lowest BCUT2D eigenvalue weighted by atomic mass is 10.3. The van der Waals surface area contributed by atoms with Gasteiger partial charge in [0.05, 0.1) is 0 Å². The Morgan fingerprint density at radius 2 is 0.733 bits per heavy atom. The van der Waals surface area contributed by atoms with Gasteiger partial charge >= 0.3 is 8.25 Å². The summed E-state index contributed by atoms with van der Waals surface area (Å²) in [6.07, 6.45) is 0. The summed E-state index contributed by atoms with van der Waals surface area (Å²) in [7, 11) is -4.34. The van der Waals surface area contributed by atoms with Crippen molar-refractivity contribution < 1.29 is 18.2 Å². The van der Waals surface area contributed by atoms with Gasteiger partial charge in [0.2, 0.25) is 0 Å². The van der Waals surface area contributed by atoms with Gasteiger partial charge in [-0.1, -0.05) is 97.1 Å². The van der Waals surface area contributed by atoms with Gasteiger partial charge in [0.1, 0.15) is 19.3 Å².